The van der Waals surface area contributed by atoms with Gasteiger partial charge in [-0.15, -0.1) is 0 Å². The van der Waals surface area contributed by atoms with Gasteiger partial charge in [-0.05, 0) is 30.4 Å². The second-order valence-corrected chi connectivity index (χ2v) is 4.09. The van der Waals surface area contributed by atoms with Gasteiger partial charge in [0, 0.05) is 23.3 Å². The summed E-state index contributed by atoms with van der Waals surface area (Å²) in [5.74, 6) is 0. The number of hydrogen-bond donors (Lipinski definition) is 1. The van der Waals surface area contributed by atoms with E-state index < -0.39 is 0 Å². The first kappa shape index (κ1) is 10.1. The lowest BCUT2D eigenvalue weighted by atomic mass is 10.1. The Labute approximate surface area is 103 Å². The van der Waals surface area contributed by atoms with Crippen LogP contribution in [-0.2, 0) is 0 Å². The van der Waals surface area contributed by atoms with Gasteiger partial charge in [-0.1, -0.05) is 18.2 Å². The van der Waals surface area contributed by atoms with E-state index in [0.717, 1.165) is 22.2 Å². The van der Waals surface area contributed by atoms with Gasteiger partial charge < -0.3 is 4.98 Å². The molecule has 2 heterocycles. The average Bonchev–Trinajstić information content (AvgIpc) is 2.38. The highest BCUT2D eigenvalue weighted by atomic mass is 32.1. The molecule has 17 heavy (non-hydrogen) atoms. The van der Waals surface area contributed by atoms with E-state index in [1.54, 1.807) is 6.20 Å². The number of benzene rings is 1. The zero-order valence-electron chi connectivity index (χ0n) is 8.92. The van der Waals surface area contributed by atoms with Crippen molar-refractivity contribution in [3.63, 3.8) is 0 Å². The number of hydrogen-bond acceptors (Lipinski definition) is 3. The molecule has 0 atom stereocenters. The van der Waals surface area contributed by atoms with Gasteiger partial charge in [0.15, 0.2) is 4.77 Å². The fourth-order valence-corrected chi connectivity index (χ4v) is 1.93. The van der Waals surface area contributed by atoms with Crippen LogP contribution in [-0.4, -0.2) is 15.0 Å². The van der Waals surface area contributed by atoms with Crippen molar-refractivity contribution in [1.82, 2.24) is 15.0 Å². The molecular formula is C13H9N3S. The van der Waals surface area contributed by atoms with Crippen molar-refractivity contribution in [3.8, 4) is 11.3 Å². The van der Waals surface area contributed by atoms with Crippen LogP contribution in [0.4, 0.5) is 0 Å². The van der Waals surface area contributed by atoms with E-state index in [1.165, 1.54) is 0 Å². The Morgan fingerprint density at radius 3 is 2.82 bits per heavy atom. The summed E-state index contributed by atoms with van der Waals surface area (Å²) in [5, 5.41) is 1.11. The monoisotopic (exact) mass is 239 g/mol. The Hall–Kier alpha value is -2.07. The van der Waals surface area contributed by atoms with Crippen LogP contribution in [0.25, 0.3) is 22.2 Å². The number of nitrogens with one attached hydrogen (secondary N) is 1. The standard InChI is InChI=1S/C13H9N3S/c17-13-14-6-5-12(16-13)10-7-9-3-1-2-4-11(9)15-8-10/h1-8H,(H,14,16,17). The Morgan fingerprint density at radius 1 is 1.06 bits per heavy atom. The molecule has 0 bridgehead atoms. The maximum Gasteiger partial charge on any atom is 0.197 e. The normalized spacial score (nSPS) is 10.6. The Bertz CT molecular complexity index is 734. The van der Waals surface area contributed by atoms with Gasteiger partial charge in [-0.25, -0.2) is 4.98 Å². The molecule has 0 spiro atoms. The van der Waals surface area contributed by atoms with Gasteiger partial charge in [0.25, 0.3) is 0 Å². The Balaban J connectivity index is 2.21. The van der Waals surface area contributed by atoms with Gasteiger partial charge in [-0.2, -0.15) is 0 Å². The minimum absolute atomic E-state index is 0.482. The van der Waals surface area contributed by atoms with Crippen molar-refractivity contribution < 1.29 is 0 Å². The van der Waals surface area contributed by atoms with Crippen molar-refractivity contribution in [2.45, 2.75) is 0 Å². The van der Waals surface area contributed by atoms with Crippen LogP contribution in [0.2, 0.25) is 0 Å². The second-order valence-electron chi connectivity index (χ2n) is 3.71. The number of pyridine rings is 1. The van der Waals surface area contributed by atoms with Crippen LogP contribution >= 0.6 is 12.2 Å². The average molecular weight is 239 g/mol. The van der Waals surface area contributed by atoms with Crippen molar-refractivity contribution in [2.75, 3.05) is 0 Å². The third kappa shape index (κ3) is 1.94. The maximum atomic E-state index is 5.01. The van der Waals surface area contributed by atoms with Gasteiger partial charge in [-0.3, -0.25) is 4.98 Å². The third-order valence-corrected chi connectivity index (χ3v) is 2.78. The number of aromatic nitrogens is 3. The van der Waals surface area contributed by atoms with Crippen LogP contribution in [0.3, 0.4) is 0 Å². The molecule has 4 heteroatoms. The van der Waals surface area contributed by atoms with Crippen LogP contribution in [0.5, 0.6) is 0 Å². The van der Waals surface area contributed by atoms with Crippen molar-refractivity contribution in [2.24, 2.45) is 0 Å². The lowest BCUT2D eigenvalue weighted by Crippen LogP contribution is -1.87. The highest BCUT2D eigenvalue weighted by Gasteiger charge is 2.00. The second kappa shape index (κ2) is 4.07. The predicted molar refractivity (Wildman–Crippen MR) is 70.2 cm³/mol. The molecule has 3 rings (SSSR count). The lowest BCUT2D eigenvalue weighted by molar-refractivity contribution is 1.14. The fourth-order valence-electron chi connectivity index (χ4n) is 1.76. The lowest BCUT2D eigenvalue weighted by Gasteiger charge is -2.02. The summed E-state index contributed by atoms with van der Waals surface area (Å²) in [4.78, 5) is 11.4. The van der Waals surface area contributed by atoms with Crippen molar-refractivity contribution >= 4 is 23.1 Å². The number of H-pyrrole nitrogens is 1. The summed E-state index contributed by atoms with van der Waals surface area (Å²) in [7, 11) is 0. The highest BCUT2D eigenvalue weighted by molar-refractivity contribution is 7.71. The van der Waals surface area contributed by atoms with E-state index in [2.05, 4.69) is 21.0 Å². The van der Waals surface area contributed by atoms with Gasteiger partial charge in [0.1, 0.15) is 0 Å². The first-order valence-electron chi connectivity index (χ1n) is 5.23. The van der Waals surface area contributed by atoms with Gasteiger partial charge in [0.2, 0.25) is 0 Å². The number of nitrogens with zero attached hydrogens (tertiary/aromatic N) is 2. The number of aromatic amines is 1. The van der Waals surface area contributed by atoms with E-state index in [9.17, 15) is 0 Å². The summed E-state index contributed by atoms with van der Waals surface area (Å²) >= 11 is 5.01. The van der Waals surface area contributed by atoms with E-state index in [1.807, 2.05) is 36.5 Å². The number of rotatable bonds is 1. The molecule has 3 nitrogen and oxygen atoms in total. The fraction of sp³-hybridized carbons (Fsp3) is 0. The van der Waals surface area contributed by atoms with Crippen LogP contribution in [0.15, 0.2) is 48.8 Å². The van der Waals surface area contributed by atoms with E-state index in [-0.39, 0.29) is 0 Å². The van der Waals surface area contributed by atoms with Gasteiger partial charge >= 0.3 is 0 Å². The minimum atomic E-state index is 0.482. The quantitative estimate of drug-likeness (QED) is 0.662. The van der Waals surface area contributed by atoms with Crippen molar-refractivity contribution in [3.05, 3.63) is 53.6 Å². The van der Waals surface area contributed by atoms with Crippen LogP contribution < -0.4 is 0 Å². The minimum Gasteiger partial charge on any atom is -0.330 e. The summed E-state index contributed by atoms with van der Waals surface area (Å²) in [6.45, 7) is 0. The summed E-state index contributed by atoms with van der Waals surface area (Å²) < 4.78 is 0.482. The summed E-state index contributed by atoms with van der Waals surface area (Å²) in [5.41, 5.74) is 2.93. The number of fused-ring (bicyclic) bond motifs is 1. The molecule has 0 amide bonds. The predicted octanol–water partition coefficient (Wildman–Crippen LogP) is 3.35. The molecule has 2 aromatic heterocycles. The molecule has 1 aromatic carbocycles. The molecule has 0 saturated carbocycles. The zero-order valence-corrected chi connectivity index (χ0v) is 9.74. The molecular weight excluding hydrogens is 230 g/mol. The first-order valence-corrected chi connectivity index (χ1v) is 5.64. The van der Waals surface area contributed by atoms with Crippen molar-refractivity contribution in [1.29, 1.82) is 0 Å². The maximum absolute atomic E-state index is 5.01. The molecule has 0 saturated heterocycles. The molecule has 1 N–H and O–H groups in total. The Morgan fingerprint density at radius 2 is 1.94 bits per heavy atom. The smallest absolute Gasteiger partial charge is 0.197 e. The summed E-state index contributed by atoms with van der Waals surface area (Å²) in [6.07, 6.45) is 3.53. The van der Waals surface area contributed by atoms with E-state index >= 15 is 0 Å². The summed E-state index contributed by atoms with van der Waals surface area (Å²) in [6, 6.07) is 12.0. The third-order valence-electron chi connectivity index (χ3n) is 2.58. The zero-order chi connectivity index (χ0) is 11.7. The van der Waals surface area contributed by atoms with Crippen LogP contribution in [0, 0.1) is 4.77 Å². The van der Waals surface area contributed by atoms with Crippen LogP contribution in [0.1, 0.15) is 0 Å². The molecule has 0 unspecified atom stereocenters. The SMILES string of the molecule is S=c1nccc(-c2cnc3ccccc3c2)[nH]1. The number of para-hydroxylation sites is 1. The molecule has 0 aliphatic heterocycles. The van der Waals surface area contributed by atoms with E-state index in [4.69, 9.17) is 12.2 Å². The molecule has 0 aliphatic carbocycles. The highest BCUT2D eigenvalue weighted by Crippen LogP contribution is 2.20. The topological polar surface area (TPSA) is 41.6 Å². The molecule has 82 valence electrons. The van der Waals surface area contributed by atoms with E-state index in [0.29, 0.717) is 4.77 Å². The first-order chi connectivity index (χ1) is 8.33. The molecule has 0 radical (unpaired) electrons. The molecule has 0 fully saturated rings. The molecule has 3 aromatic rings. The Kier molecular flexibility index (Phi) is 2.42. The van der Waals surface area contributed by atoms with Gasteiger partial charge in [0.05, 0.1) is 11.2 Å². The largest absolute Gasteiger partial charge is 0.330 e. The molecule has 0 aliphatic rings.